The molecule has 6 heteroatoms. The summed E-state index contributed by atoms with van der Waals surface area (Å²) in [6.07, 6.45) is -3.81. The zero-order chi connectivity index (χ0) is 14.0. The number of rotatable bonds is 2. The molecule has 2 rings (SSSR count). The highest BCUT2D eigenvalue weighted by molar-refractivity contribution is 9.10. The molecule has 1 heterocycles. The monoisotopic (exact) mass is 337 g/mol. The van der Waals surface area contributed by atoms with Crippen LogP contribution in [0.1, 0.15) is 18.4 Å². The Labute approximate surface area is 118 Å². The number of benzene rings is 1. The van der Waals surface area contributed by atoms with Crippen LogP contribution in [0.25, 0.3) is 0 Å². The molecule has 0 bridgehead atoms. The first-order valence-electron chi connectivity index (χ1n) is 6.13. The van der Waals surface area contributed by atoms with Crippen LogP contribution in [0.2, 0.25) is 0 Å². The van der Waals surface area contributed by atoms with Crippen LogP contribution in [0.5, 0.6) is 5.75 Å². The maximum Gasteiger partial charge on any atom is 0.391 e. The second-order valence-electron chi connectivity index (χ2n) is 4.84. The third kappa shape index (κ3) is 3.63. The number of hydrogen-bond acceptors (Lipinski definition) is 2. The molecule has 2 nitrogen and oxygen atoms in total. The maximum absolute atomic E-state index is 12.5. The van der Waals surface area contributed by atoms with Crippen molar-refractivity contribution in [2.75, 3.05) is 13.1 Å². The van der Waals surface area contributed by atoms with E-state index in [4.69, 9.17) is 0 Å². The summed E-state index contributed by atoms with van der Waals surface area (Å²) in [4.78, 5) is 1.95. The van der Waals surface area contributed by atoms with E-state index in [-0.39, 0.29) is 18.6 Å². The van der Waals surface area contributed by atoms with Crippen LogP contribution in [-0.4, -0.2) is 29.3 Å². The molecule has 0 unspecified atom stereocenters. The summed E-state index contributed by atoms with van der Waals surface area (Å²) in [5, 5.41) is 9.86. The van der Waals surface area contributed by atoms with E-state index >= 15 is 0 Å². The topological polar surface area (TPSA) is 23.5 Å². The second-order valence-corrected chi connectivity index (χ2v) is 5.69. The molecular formula is C13H15BrF3NO. The Morgan fingerprint density at radius 1 is 1.26 bits per heavy atom. The molecule has 1 aromatic carbocycles. The summed E-state index contributed by atoms with van der Waals surface area (Å²) in [6, 6.07) is 5.33. The largest absolute Gasteiger partial charge is 0.506 e. The van der Waals surface area contributed by atoms with E-state index in [1.54, 1.807) is 12.1 Å². The van der Waals surface area contributed by atoms with Crippen molar-refractivity contribution in [3.05, 3.63) is 28.2 Å². The van der Waals surface area contributed by atoms with Crippen molar-refractivity contribution >= 4 is 15.9 Å². The first kappa shape index (κ1) is 14.7. The van der Waals surface area contributed by atoms with Gasteiger partial charge in [0.15, 0.2) is 0 Å². The van der Waals surface area contributed by atoms with Crippen LogP contribution in [-0.2, 0) is 6.54 Å². The minimum Gasteiger partial charge on any atom is -0.506 e. The molecule has 1 fully saturated rings. The average molecular weight is 338 g/mol. The number of hydrogen-bond donors (Lipinski definition) is 1. The molecular weight excluding hydrogens is 323 g/mol. The van der Waals surface area contributed by atoms with Gasteiger partial charge in [0, 0.05) is 12.1 Å². The molecule has 1 saturated heterocycles. The second kappa shape index (κ2) is 5.71. The quantitative estimate of drug-likeness (QED) is 0.883. The maximum atomic E-state index is 12.5. The lowest BCUT2D eigenvalue weighted by Gasteiger charge is -2.33. The lowest BCUT2D eigenvalue weighted by atomic mass is 9.96. The predicted octanol–water partition coefficient (Wildman–Crippen LogP) is 3.93. The fourth-order valence-electron chi connectivity index (χ4n) is 2.35. The number of nitrogens with zero attached hydrogens (tertiary/aromatic N) is 1. The number of phenolic OH excluding ortho intramolecular Hbond substituents is 1. The number of phenols is 1. The first-order chi connectivity index (χ1) is 8.88. The summed E-state index contributed by atoms with van der Waals surface area (Å²) >= 11 is 3.23. The predicted molar refractivity (Wildman–Crippen MR) is 69.9 cm³/mol. The molecule has 1 aromatic rings. The summed E-state index contributed by atoms with van der Waals surface area (Å²) in [5.41, 5.74) is 0.736. The van der Waals surface area contributed by atoms with Crippen molar-refractivity contribution < 1.29 is 18.3 Å². The van der Waals surface area contributed by atoms with E-state index < -0.39 is 12.1 Å². The van der Waals surface area contributed by atoms with Crippen molar-refractivity contribution in [3.63, 3.8) is 0 Å². The number of likely N-dealkylation sites (tertiary alicyclic amines) is 1. The van der Waals surface area contributed by atoms with Crippen LogP contribution in [0, 0.1) is 5.92 Å². The van der Waals surface area contributed by atoms with Crippen LogP contribution < -0.4 is 0 Å². The van der Waals surface area contributed by atoms with Gasteiger partial charge >= 0.3 is 6.18 Å². The van der Waals surface area contributed by atoms with Crippen molar-refractivity contribution in [2.45, 2.75) is 25.6 Å². The molecule has 0 spiro atoms. The summed E-state index contributed by atoms with van der Waals surface area (Å²) in [5.74, 6) is -1.01. The van der Waals surface area contributed by atoms with E-state index in [1.807, 2.05) is 11.0 Å². The van der Waals surface area contributed by atoms with Crippen LogP contribution in [0.4, 0.5) is 13.2 Å². The van der Waals surface area contributed by atoms with Crippen molar-refractivity contribution in [1.82, 2.24) is 4.90 Å². The van der Waals surface area contributed by atoms with Crippen molar-refractivity contribution in [3.8, 4) is 5.75 Å². The van der Waals surface area contributed by atoms with Crippen LogP contribution >= 0.6 is 15.9 Å². The number of halogens is 4. The van der Waals surface area contributed by atoms with Gasteiger partial charge in [-0.15, -0.1) is 0 Å². The van der Waals surface area contributed by atoms with Gasteiger partial charge in [-0.05, 0) is 47.9 Å². The SMILES string of the molecule is Oc1c(Br)cccc1CN1CCC(C(F)(F)F)CC1. The Hall–Kier alpha value is -0.750. The van der Waals surface area contributed by atoms with E-state index in [2.05, 4.69) is 15.9 Å². The van der Waals surface area contributed by atoms with Gasteiger partial charge in [-0.1, -0.05) is 12.1 Å². The van der Waals surface area contributed by atoms with E-state index in [0.29, 0.717) is 24.1 Å². The van der Waals surface area contributed by atoms with Crippen molar-refractivity contribution in [2.24, 2.45) is 5.92 Å². The average Bonchev–Trinajstić information content (AvgIpc) is 2.35. The third-order valence-corrected chi connectivity index (χ3v) is 4.15. The molecule has 1 N–H and O–H groups in total. The smallest absolute Gasteiger partial charge is 0.391 e. The minimum absolute atomic E-state index is 0.137. The molecule has 19 heavy (non-hydrogen) atoms. The Bertz CT molecular complexity index is 442. The first-order valence-corrected chi connectivity index (χ1v) is 6.92. The van der Waals surface area contributed by atoms with Crippen molar-refractivity contribution in [1.29, 1.82) is 0 Å². The number of alkyl halides is 3. The van der Waals surface area contributed by atoms with Gasteiger partial charge in [-0.2, -0.15) is 13.2 Å². The number of piperidine rings is 1. The Morgan fingerprint density at radius 2 is 1.89 bits per heavy atom. The Balaban J connectivity index is 1.94. The number of para-hydroxylation sites is 1. The normalized spacial score (nSPS) is 18.7. The molecule has 1 aliphatic heterocycles. The molecule has 106 valence electrons. The molecule has 0 amide bonds. The zero-order valence-corrected chi connectivity index (χ0v) is 11.8. The summed E-state index contributed by atoms with van der Waals surface area (Å²) in [6.45, 7) is 1.31. The zero-order valence-electron chi connectivity index (χ0n) is 10.3. The number of aromatic hydroxyl groups is 1. The Morgan fingerprint density at radius 3 is 2.47 bits per heavy atom. The minimum atomic E-state index is -4.08. The van der Waals surface area contributed by atoms with Gasteiger partial charge in [0.2, 0.25) is 0 Å². The highest BCUT2D eigenvalue weighted by Gasteiger charge is 2.40. The van der Waals surface area contributed by atoms with Gasteiger partial charge in [0.1, 0.15) is 5.75 Å². The van der Waals surface area contributed by atoms with Gasteiger partial charge < -0.3 is 5.11 Å². The molecule has 1 aliphatic rings. The lowest BCUT2D eigenvalue weighted by molar-refractivity contribution is -0.185. The summed E-state index contributed by atoms with van der Waals surface area (Å²) in [7, 11) is 0. The Kier molecular flexibility index (Phi) is 4.40. The van der Waals surface area contributed by atoms with Gasteiger partial charge in [-0.3, -0.25) is 4.90 Å². The third-order valence-electron chi connectivity index (χ3n) is 3.51. The molecule has 0 aromatic heterocycles. The highest BCUT2D eigenvalue weighted by atomic mass is 79.9. The molecule has 0 aliphatic carbocycles. The fourth-order valence-corrected chi connectivity index (χ4v) is 2.75. The summed E-state index contributed by atoms with van der Waals surface area (Å²) < 4.78 is 38.2. The van der Waals surface area contributed by atoms with Gasteiger partial charge in [0.25, 0.3) is 0 Å². The molecule has 0 atom stereocenters. The highest BCUT2D eigenvalue weighted by Crippen LogP contribution is 2.35. The van der Waals surface area contributed by atoms with Crippen LogP contribution in [0.3, 0.4) is 0 Å². The van der Waals surface area contributed by atoms with Gasteiger partial charge in [-0.25, -0.2) is 0 Å². The van der Waals surface area contributed by atoms with Gasteiger partial charge in [0.05, 0.1) is 10.4 Å². The fraction of sp³-hybridized carbons (Fsp3) is 0.538. The van der Waals surface area contributed by atoms with E-state index in [9.17, 15) is 18.3 Å². The lowest BCUT2D eigenvalue weighted by Crippen LogP contribution is -2.38. The standard InChI is InChI=1S/C13H15BrF3NO/c14-11-3-1-2-9(12(11)19)8-18-6-4-10(5-7-18)13(15,16)17/h1-3,10,19H,4-8H2. The van der Waals surface area contributed by atoms with E-state index in [0.717, 1.165) is 5.56 Å². The van der Waals surface area contributed by atoms with E-state index in [1.165, 1.54) is 0 Å². The molecule has 0 saturated carbocycles. The molecule has 0 radical (unpaired) electrons. The van der Waals surface area contributed by atoms with Crippen LogP contribution in [0.15, 0.2) is 22.7 Å².